The number of nitrogens with one attached hydrogen (secondary N) is 1. The molecule has 106 valence electrons. The third-order valence-electron chi connectivity index (χ3n) is 5.07. The first kappa shape index (κ1) is 14.3. The molecule has 0 bridgehead atoms. The maximum atomic E-state index is 3.59. The Morgan fingerprint density at radius 2 is 1.89 bits per heavy atom. The largest absolute Gasteiger partial charge is 0.317 e. The summed E-state index contributed by atoms with van der Waals surface area (Å²) in [4.78, 5) is 2.78. The van der Waals surface area contributed by atoms with Crippen molar-refractivity contribution in [3.8, 4) is 0 Å². The maximum absolute atomic E-state index is 3.59. The van der Waals surface area contributed by atoms with E-state index in [2.05, 4.69) is 38.0 Å². The van der Waals surface area contributed by atoms with Crippen molar-refractivity contribution in [3.63, 3.8) is 0 Å². The molecule has 2 heteroatoms. The van der Waals surface area contributed by atoms with Crippen molar-refractivity contribution in [2.45, 2.75) is 65.0 Å². The average Bonchev–Trinajstić information content (AvgIpc) is 3.15. The minimum atomic E-state index is 0.738. The van der Waals surface area contributed by atoms with E-state index in [1.165, 1.54) is 45.2 Å². The monoisotopic (exact) mass is 252 g/mol. The molecule has 2 aliphatic rings. The molecule has 0 amide bonds. The van der Waals surface area contributed by atoms with Gasteiger partial charge in [0.25, 0.3) is 0 Å². The van der Waals surface area contributed by atoms with Crippen LogP contribution in [0.5, 0.6) is 0 Å². The van der Waals surface area contributed by atoms with Crippen LogP contribution in [0.25, 0.3) is 0 Å². The predicted octanol–water partition coefficient (Wildman–Crippen LogP) is 3.13. The number of hydrogen-bond donors (Lipinski definition) is 1. The van der Waals surface area contributed by atoms with Gasteiger partial charge >= 0.3 is 0 Å². The van der Waals surface area contributed by atoms with E-state index >= 15 is 0 Å². The van der Waals surface area contributed by atoms with Gasteiger partial charge in [-0.1, -0.05) is 20.8 Å². The second-order valence-electron chi connectivity index (χ2n) is 6.84. The maximum Gasteiger partial charge on any atom is 0.0110 e. The smallest absolute Gasteiger partial charge is 0.0110 e. The minimum absolute atomic E-state index is 0.738. The van der Waals surface area contributed by atoms with Crippen molar-refractivity contribution >= 4 is 0 Å². The molecule has 2 rings (SSSR count). The Labute approximate surface area is 114 Å². The van der Waals surface area contributed by atoms with Gasteiger partial charge in [-0.15, -0.1) is 0 Å². The van der Waals surface area contributed by atoms with Crippen LogP contribution in [-0.2, 0) is 0 Å². The molecule has 1 N–H and O–H groups in total. The molecule has 0 spiro atoms. The molecule has 0 radical (unpaired) electrons. The van der Waals surface area contributed by atoms with Crippen LogP contribution in [0.1, 0.15) is 52.9 Å². The molecule has 2 saturated carbocycles. The van der Waals surface area contributed by atoms with Crippen LogP contribution in [-0.4, -0.2) is 37.1 Å². The summed E-state index contributed by atoms with van der Waals surface area (Å²) in [5.41, 5.74) is 0. The van der Waals surface area contributed by atoms with Gasteiger partial charge in [0.1, 0.15) is 0 Å². The van der Waals surface area contributed by atoms with Crippen molar-refractivity contribution < 1.29 is 0 Å². The Kier molecular flexibility index (Phi) is 5.08. The highest BCUT2D eigenvalue weighted by atomic mass is 15.2. The highest BCUT2D eigenvalue weighted by molar-refractivity contribution is 4.92. The molecule has 4 atom stereocenters. The van der Waals surface area contributed by atoms with Gasteiger partial charge in [0.05, 0.1) is 0 Å². The first-order valence-electron chi connectivity index (χ1n) is 8.07. The van der Waals surface area contributed by atoms with E-state index in [1.807, 2.05) is 0 Å². The van der Waals surface area contributed by atoms with E-state index in [4.69, 9.17) is 0 Å². The highest BCUT2D eigenvalue weighted by Crippen LogP contribution is 2.36. The molecule has 0 aromatic heterocycles. The van der Waals surface area contributed by atoms with Crippen molar-refractivity contribution in [1.82, 2.24) is 10.2 Å². The summed E-state index contributed by atoms with van der Waals surface area (Å²) in [6.07, 6.45) is 6.99. The van der Waals surface area contributed by atoms with Gasteiger partial charge < -0.3 is 10.2 Å². The van der Waals surface area contributed by atoms with Crippen molar-refractivity contribution in [2.75, 3.05) is 20.1 Å². The lowest BCUT2D eigenvalue weighted by atomic mass is 9.72. The van der Waals surface area contributed by atoms with Crippen LogP contribution in [0.15, 0.2) is 0 Å². The van der Waals surface area contributed by atoms with E-state index in [1.54, 1.807) is 0 Å². The van der Waals surface area contributed by atoms with Crippen molar-refractivity contribution in [1.29, 1.82) is 0 Å². The summed E-state index contributed by atoms with van der Waals surface area (Å²) in [5, 5.41) is 3.59. The number of rotatable bonds is 6. The molecule has 0 saturated heterocycles. The van der Waals surface area contributed by atoms with Gasteiger partial charge in [0, 0.05) is 18.6 Å². The fraction of sp³-hybridized carbons (Fsp3) is 1.00. The van der Waals surface area contributed by atoms with E-state index in [-0.39, 0.29) is 0 Å². The normalized spacial score (nSPS) is 37.2. The Bertz CT molecular complexity index is 249. The molecular formula is C16H32N2. The quantitative estimate of drug-likeness (QED) is 0.781. The highest BCUT2D eigenvalue weighted by Gasteiger charge is 2.37. The number of hydrogen-bond acceptors (Lipinski definition) is 2. The topological polar surface area (TPSA) is 15.3 Å². The Hall–Kier alpha value is -0.0800. The Morgan fingerprint density at radius 1 is 1.17 bits per heavy atom. The van der Waals surface area contributed by atoms with Crippen LogP contribution >= 0.6 is 0 Å². The fourth-order valence-corrected chi connectivity index (χ4v) is 3.97. The fourth-order valence-electron chi connectivity index (χ4n) is 3.97. The lowest BCUT2D eigenvalue weighted by Crippen LogP contribution is -2.48. The molecular weight excluding hydrogens is 220 g/mol. The van der Waals surface area contributed by atoms with Gasteiger partial charge in [-0.2, -0.15) is 0 Å². The average molecular weight is 252 g/mol. The van der Waals surface area contributed by atoms with Crippen LogP contribution in [0.4, 0.5) is 0 Å². The van der Waals surface area contributed by atoms with Gasteiger partial charge in [-0.25, -0.2) is 0 Å². The van der Waals surface area contributed by atoms with Gasteiger partial charge in [0.2, 0.25) is 0 Å². The van der Waals surface area contributed by atoms with E-state index < -0.39 is 0 Å². The Morgan fingerprint density at radius 3 is 2.44 bits per heavy atom. The van der Waals surface area contributed by atoms with E-state index in [0.717, 1.165) is 29.8 Å². The molecule has 18 heavy (non-hydrogen) atoms. The lowest BCUT2D eigenvalue weighted by molar-refractivity contribution is 0.101. The zero-order chi connectivity index (χ0) is 13.1. The lowest BCUT2D eigenvalue weighted by Gasteiger charge is -2.42. The molecule has 2 nitrogen and oxygen atoms in total. The molecule has 0 aromatic carbocycles. The Balaban J connectivity index is 1.95. The first-order chi connectivity index (χ1) is 8.65. The number of nitrogens with zero attached hydrogens (tertiary/aromatic N) is 1. The third-order valence-corrected chi connectivity index (χ3v) is 5.07. The third kappa shape index (κ3) is 3.48. The second-order valence-corrected chi connectivity index (χ2v) is 6.84. The summed E-state index contributed by atoms with van der Waals surface area (Å²) in [5.74, 6) is 2.64. The first-order valence-corrected chi connectivity index (χ1v) is 8.07. The van der Waals surface area contributed by atoms with E-state index in [0.29, 0.717) is 0 Å². The second kappa shape index (κ2) is 6.38. The van der Waals surface area contributed by atoms with Crippen LogP contribution < -0.4 is 5.32 Å². The summed E-state index contributed by atoms with van der Waals surface area (Å²) < 4.78 is 0. The van der Waals surface area contributed by atoms with Crippen molar-refractivity contribution in [3.05, 3.63) is 0 Å². The van der Waals surface area contributed by atoms with Crippen LogP contribution in [0.2, 0.25) is 0 Å². The SMILES string of the molecule is CCCN(CC1C(C)CC(C)CC1NC)C1CC1. The minimum Gasteiger partial charge on any atom is -0.317 e. The van der Waals surface area contributed by atoms with Gasteiger partial charge in [0.15, 0.2) is 0 Å². The zero-order valence-corrected chi connectivity index (χ0v) is 12.8. The molecule has 2 aliphatic carbocycles. The van der Waals surface area contributed by atoms with Gasteiger partial charge in [-0.05, 0) is 63.5 Å². The molecule has 4 unspecified atom stereocenters. The molecule has 0 aliphatic heterocycles. The predicted molar refractivity (Wildman–Crippen MR) is 78.8 cm³/mol. The molecule has 2 fully saturated rings. The van der Waals surface area contributed by atoms with Crippen molar-refractivity contribution in [2.24, 2.45) is 17.8 Å². The van der Waals surface area contributed by atoms with Gasteiger partial charge in [-0.3, -0.25) is 0 Å². The molecule has 0 heterocycles. The molecule has 0 aromatic rings. The summed E-state index contributed by atoms with van der Waals surface area (Å²) in [6, 6.07) is 1.66. The summed E-state index contributed by atoms with van der Waals surface area (Å²) in [6.45, 7) is 9.85. The summed E-state index contributed by atoms with van der Waals surface area (Å²) in [7, 11) is 2.16. The van der Waals surface area contributed by atoms with Crippen LogP contribution in [0.3, 0.4) is 0 Å². The standard InChI is InChI=1S/C16H32N2/c1-5-8-18(14-6-7-14)11-15-13(3)9-12(2)10-16(15)17-4/h12-17H,5-11H2,1-4H3. The van der Waals surface area contributed by atoms with E-state index in [9.17, 15) is 0 Å². The van der Waals surface area contributed by atoms with Crippen LogP contribution in [0, 0.1) is 17.8 Å². The summed E-state index contributed by atoms with van der Waals surface area (Å²) >= 11 is 0. The zero-order valence-electron chi connectivity index (χ0n) is 12.8.